The van der Waals surface area contributed by atoms with Gasteiger partial charge in [-0.1, -0.05) is 6.07 Å². The van der Waals surface area contributed by atoms with E-state index >= 15 is 0 Å². The molecule has 1 aromatic rings. The molecule has 6 nitrogen and oxygen atoms in total. The first-order valence-corrected chi connectivity index (χ1v) is 7.08. The number of aromatic nitrogens is 1. The number of guanidine groups is 1. The van der Waals surface area contributed by atoms with Crippen molar-refractivity contribution in [2.75, 3.05) is 45.9 Å². The van der Waals surface area contributed by atoms with Gasteiger partial charge in [0.1, 0.15) is 0 Å². The number of pyridine rings is 1. The van der Waals surface area contributed by atoms with Crippen LogP contribution in [0.2, 0.25) is 0 Å². The van der Waals surface area contributed by atoms with Gasteiger partial charge in [0.2, 0.25) is 0 Å². The number of aliphatic imine (C=N–C) groups is 1. The van der Waals surface area contributed by atoms with Crippen LogP contribution in [0.15, 0.2) is 29.4 Å². The van der Waals surface area contributed by atoms with Crippen molar-refractivity contribution in [3.8, 4) is 0 Å². The van der Waals surface area contributed by atoms with Gasteiger partial charge in [-0.25, -0.2) is 0 Å². The number of ether oxygens (including phenoxy) is 1. The highest BCUT2D eigenvalue weighted by molar-refractivity contribution is 5.77. The van der Waals surface area contributed by atoms with Crippen molar-refractivity contribution < 1.29 is 4.74 Å². The lowest BCUT2D eigenvalue weighted by Crippen LogP contribution is -2.39. The number of morpholine rings is 1. The normalized spacial score (nSPS) is 17.1. The highest BCUT2D eigenvalue weighted by Crippen LogP contribution is 1.95. The van der Waals surface area contributed by atoms with Crippen LogP contribution in [0, 0.1) is 0 Å². The van der Waals surface area contributed by atoms with Crippen LogP contribution < -0.4 is 11.1 Å². The molecule has 1 fully saturated rings. The average Bonchev–Trinajstić information content (AvgIpc) is 2.49. The molecule has 1 saturated heterocycles. The lowest BCUT2D eigenvalue weighted by molar-refractivity contribution is 0.0394. The molecular formula is C14H23N5O. The topological polar surface area (TPSA) is 75.8 Å². The van der Waals surface area contributed by atoms with E-state index in [2.05, 4.69) is 20.2 Å². The second kappa shape index (κ2) is 8.50. The summed E-state index contributed by atoms with van der Waals surface area (Å²) in [6.45, 7) is 6.03. The molecule has 0 aromatic carbocycles. The van der Waals surface area contributed by atoms with E-state index in [0.717, 1.165) is 58.1 Å². The number of hydrogen-bond acceptors (Lipinski definition) is 4. The largest absolute Gasteiger partial charge is 0.379 e. The predicted octanol–water partition coefficient (Wildman–Crippen LogP) is -0.139. The van der Waals surface area contributed by atoms with E-state index in [9.17, 15) is 0 Å². The molecule has 110 valence electrons. The van der Waals surface area contributed by atoms with Gasteiger partial charge < -0.3 is 15.8 Å². The maximum atomic E-state index is 5.83. The maximum absolute atomic E-state index is 5.83. The van der Waals surface area contributed by atoms with Crippen LogP contribution in [0.4, 0.5) is 0 Å². The molecule has 0 amide bonds. The van der Waals surface area contributed by atoms with E-state index in [1.165, 1.54) is 0 Å². The number of nitrogens with one attached hydrogen (secondary N) is 1. The summed E-state index contributed by atoms with van der Waals surface area (Å²) in [5, 5.41) is 3.11. The molecule has 6 heteroatoms. The highest BCUT2D eigenvalue weighted by Gasteiger charge is 2.08. The molecule has 0 aliphatic carbocycles. The Kier molecular flexibility index (Phi) is 6.26. The van der Waals surface area contributed by atoms with Crippen molar-refractivity contribution in [3.05, 3.63) is 30.1 Å². The molecule has 0 bridgehead atoms. The molecule has 0 spiro atoms. The minimum atomic E-state index is 0.509. The minimum absolute atomic E-state index is 0.509. The fourth-order valence-corrected chi connectivity index (χ4v) is 2.06. The van der Waals surface area contributed by atoms with Crippen molar-refractivity contribution in [2.45, 2.75) is 6.42 Å². The third kappa shape index (κ3) is 5.54. The van der Waals surface area contributed by atoms with Crippen molar-refractivity contribution in [3.63, 3.8) is 0 Å². The first-order chi connectivity index (χ1) is 9.84. The molecule has 1 aliphatic heterocycles. The van der Waals surface area contributed by atoms with Gasteiger partial charge >= 0.3 is 0 Å². The fourth-order valence-electron chi connectivity index (χ4n) is 2.06. The first-order valence-electron chi connectivity index (χ1n) is 7.08. The Morgan fingerprint density at radius 3 is 3.00 bits per heavy atom. The zero-order valence-corrected chi connectivity index (χ0v) is 11.8. The zero-order valence-electron chi connectivity index (χ0n) is 11.8. The Labute approximate surface area is 120 Å². The lowest BCUT2D eigenvalue weighted by Gasteiger charge is -2.25. The van der Waals surface area contributed by atoms with Gasteiger partial charge in [0.05, 0.1) is 19.8 Å². The van der Waals surface area contributed by atoms with Gasteiger partial charge in [-0.15, -0.1) is 0 Å². The number of rotatable bonds is 6. The SMILES string of the molecule is NC(=NCCN1CCOCC1)NCCc1ccccn1. The van der Waals surface area contributed by atoms with E-state index in [0.29, 0.717) is 5.96 Å². The van der Waals surface area contributed by atoms with E-state index in [-0.39, 0.29) is 0 Å². The highest BCUT2D eigenvalue weighted by atomic mass is 16.5. The Balaban J connectivity index is 1.59. The molecule has 20 heavy (non-hydrogen) atoms. The summed E-state index contributed by atoms with van der Waals surface area (Å²) in [5.74, 6) is 0.509. The Hall–Kier alpha value is -1.66. The molecule has 0 atom stereocenters. The predicted molar refractivity (Wildman–Crippen MR) is 79.7 cm³/mol. The van der Waals surface area contributed by atoms with Crippen LogP contribution >= 0.6 is 0 Å². The standard InChI is InChI=1S/C14H23N5O/c15-14(17-6-4-13-3-1-2-5-16-13)18-7-8-19-9-11-20-12-10-19/h1-3,5H,4,6-12H2,(H3,15,17,18). The fraction of sp³-hybridized carbons (Fsp3) is 0.571. The Bertz CT molecular complexity index is 403. The van der Waals surface area contributed by atoms with Crippen molar-refractivity contribution in [1.29, 1.82) is 0 Å². The van der Waals surface area contributed by atoms with Crippen molar-refractivity contribution >= 4 is 5.96 Å². The molecule has 2 rings (SSSR count). The summed E-state index contributed by atoms with van der Waals surface area (Å²) in [6, 6.07) is 5.91. The van der Waals surface area contributed by atoms with Gasteiger partial charge in [0.25, 0.3) is 0 Å². The second-order valence-electron chi connectivity index (χ2n) is 4.72. The van der Waals surface area contributed by atoms with Gasteiger partial charge in [0, 0.05) is 44.5 Å². The van der Waals surface area contributed by atoms with Crippen molar-refractivity contribution in [2.24, 2.45) is 10.7 Å². The second-order valence-corrected chi connectivity index (χ2v) is 4.72. The van der Waals surface area contributed by atoms with Crippen molar-refractivity contribution in [1.82, 2.24) is 15.2 Å². The monoisotopic (exact) mass is 277 g/mol. The number of nitrogens with zero attached hydrogens (tertiary/aromatic N) is 3. The zero-order chi connectivity index (χ0) is 14.0. The summed E-state index contributed by atoms with van der Waals surface area (Å²) in [7, 11) is 0. The molecule has 0 unspecified atom stereocenters. The Morgan fingerprint density at radius 1 is 1.40 bits per heavy atom. The molecule has 1 aromatic heterocycles. The quantitative estimate of drug-likeness (QED) is 0.559. The number of hydrogen-bond donors (Lipinski definition) is 2. The van der Waals surface area contributed by atoms with Gasteiger partial charge in [-0.3, -0.25) is 14.9 Å². The summed E-state index contributed by atoms with van der Waals surface area (Å²) >= 11 is 0. The van der Waals surface area contributed by atoms with E-state index in [4.69, 9.17) is 10.5 Å². The average molecular weight is 277 g/mol. The summed E-state index contributed by atoms with van der Waals surface area (Å²) < 4.78 is 5.30. The number of nitrogens with two attached hydrogens (primary N) is 1. The summed E-state index contributed by atoms with van der Waals surface area (Å²) in [4.78, 5) is 10.9. The molecular weight excluding hydrogens is 254 g/mol. The summed E-state index contributed by atoms with van der Waals surface area (Å²) in [6.07, 6.45) is 2.65. The molecule has 0 saturated carbocycles. The van der Waals surface area contributed by atoms with E-state index in [1.54, 1.807) is 6.20 Å². The van der Waals surface area contributed by atoms with Gasteiger partial charge in [0.15, 0.2) is 5.96 Å². The van der Waals surface area contributed by atoms with Crippen LogP contribution in [0.5, 0.6) is 0 Å². The van der Waals surface area contributed by atoms with Crippen LogP contribution in [-0.4, -0.2) is 61.8 Å². The first kappa shape index (κ1) is 14.7. The van der Waals surface area contributed by atoms with Crippen LogP contribution in [0.1, 0.15) is 5.69 Å². The third-order valence-electron chi connectivity index (χ3n) is 3.22. The smallest absolute Gasteiger partial charge is 0.188 e. The molecule has 0 radical (unpaired) electrons. The van der Waals surface area contributed by atoms with E-state index < -0.39 is 0 Å². The Morgan fingerprint density at radius 2 is 2.25 bits per heavy atom. The minimum Gasteiger partial charge on any atom is -0.379 e. The molecule has 3 N–H and O–H groups in total. The maximum Gasteiger partial charge on any atom is 0.188 e. The van der Waals surface area contributed by atoms with E-state index in [1.807, 2.05) is 18.2 Å². The van der Waals surface area contributed by atoms with Crippen LogP contribution in [0.25, 0.3) is 0 Å². The summed E-state index contributed by atoms with van der Waals surface area (Å²) in [5.41, 5.74) is 6.89. The van der Waals surface area contributed by atoms with Gasteiger partial charge in [-0.05, 0) is 12.1 Å². The lowest BCUT2D eigenvalue weighted by atomic mass is 10.3. The molecule has 1 aliphatic rings. The van der Waals surface area contributed by atoms with Gasteiger partial charge in [-0.2, -0.15) is 0 Å². The van der Waals surface area contributed by atoms with Crippen LogP contribution in [-0.2, 0) is 11.2 Å². The third-order valence-corrected chi connectivity index (χ3v) is 3.22. The van der Waals surface area contributed by atoms with Crippen LogP contribution in [0.3, 0.4) is 0 Å². The molecule has 2 heterocycles.